The van der Waals surface area contributed by atoms with Crippen molar-refractivity contribution in [1.29, 1.82) is 0 Å². The number of fused-ring (bicyclic) bond motifs is 4. The minimum absolute atomic E-state index is 0.447. The number of aryl methyl sites for hydroxylation is 2. The van der Waals surface area contributed by atoms with Crippen LogP contribution >= 0.6 is 11.3 Å². The maximum atomic E-state index is 4.43. The third kappa shape index (κ3) is 2.44. The molecular formula is C24H29N5S. The Morgan fingerprint density at radius 3 is 2.67 bits per heavy atom. The van der Waals surface area contributed by atoms with E-state index in [0.717, 1.165) is 23.5 Å². The largest absolute Gasteiger partial charge is 0.346 e. The van der Waals surface area contributed by atoms with E-state index in [4.69, 9.17) is 0 Å². The van der Waals surface area contributed by atoms with Crippen LogP contribution < -0.4 is 5.32 Å². The Kier molecular flexibility index (Phi) is 3.97. The number of hydrogen-bond acceptors (Lipinski definition) is 4. The van der Waals surface area contributed by atoms with Crippen LogP contribution in [0.15, 0.2) is 12.5 Å². The highest BCUT2D eigenvalue weighted by Gasteiger charge is 2.42. The van der Waals surface area contributed by atoms with Gasteiger partial charge in [-0.3, -0.25) is 0 Å². The molecule has 2 unspecified atom stereocenters. The number of nitrogens with one attached hydrogen (secondary N) is 2. The van der Waals surface area contributed by atoms with E-state index < -0.39 is 0 Å². The Labute approximate surface area is 180 Å². The molecule has 3 atom stereocenters. The molecule has 0 aromatic carbocycles. The smallest absolute Gasteiger partial charge is 0.158 e. The Hall–Kier alpha value is -2.18. The highest BCUT2D eigenvalue weighted by molar-refractivity contribution is 7.19. The quantitative estimate of drug-likeness (QED) is 0.464. The van der Waals surface area contributed by atoms with Gasteiger partial charge in [0.05, 0.1) is 5.69 Å². The second-order valence-corrected chi connectivity index (χ2v) is 10.7. The molecule has 6 rings (SSSR count). The Morgan fingerprint density at radius 1 is 1.13 bits per heavy atom. The number of thiophene rings is 1. The molecule has 5 heterocycles. The van der Waals surface area contributed by atoms with Gasteiger partial charge >= 0.3 is 0 Å². The fourth-order valence-corrected chi connectivity index (χ4v) is 7.44. The van der Waals surface area contributed by atoms with E-state index in [9.17, 15) is 0 Å². The number of hydrogen-bond donors (Lipinski definition) is 2. The van der Waals surface area contributed by atoms with Crippen molar-refractivity contribution in [2.75, 3.05) is 6.54 Å². The van der Waals surface area contributed by atoms with Gasteiger partial charge in [-0.15, -0.1) is 11.3 Å². The van der Waals surface area contributed by atoms with Crippen LogP contribution in [0.1, 0.15) is 65.7 Å². The monoisotopic (exact) mass is 419 g/mol. The van der Waals surface area contributed by atoms with Gasteiger partial charge in [0.1, 0.15) is 11.2 Å². The molecule has 1 saturated heterocycles. The molecule has 30 heavy (non-hydrogen) atoms. The summed E-state index contributed by atoms with van der Waals surface area (Å²) in [4.78, 5) is 11.3. The summed E-state index contributed by atoms with van der Waals surface area (Å²) in [5, 5.41) is 9.55. The van der Waals surface area contributed by atoms with E-state index in [2.05, 4.69) is 61.2 Å². The second-order valence-electron chi connectivity index (χ2n) is 9.63. The van der Waals surface area contributed by atoms with Crippen LogP contribution in [0.5, 0.6) is 0 Å². The van der Waals surface area contributed by atoms with Gasteiger partial charge in [-0.2, -0.15) is 5.10 Å². The van der Waals surface area contributed by atoms with Crippen molar-refractivity contribution in [3.05, 3.63) is 39.7 Å². The average molecular weight is 420 g/mol. The number of rotatable bonds is 3. The van der Waals surface area contributed by atoms with Crippen LogP contribution in [0.25, 0.3) is 27.1 Å². The summed E-state index contributed by atoms with van der Waals surface area (Å²) in [6.07, 6.45) is 6.45. The molecule has 0 radical (unpaired) electrons. The number of piperidine rings is 1. The first kappa shape index (κ1) is 18.6. The molecule has 0 spiro atoms. The van der Waals surface area contributed by atoms with E-state index in [1.807, 2.05) is 15.9 Å². The van der Waals surface area contributed by atoms with Crippen LogP contribution in [0.3, 0.4) is 0 Å². The van der Waals surface area contributed by atoms with Gasteiger partial charge in [-0.25, -0.2) is 9.50 Å². The van der Waals surface area contributed by atoms with Gasteiger partial charge in [-0.1, -0.05) is 13.8 Å². The van der Waals surface area contributed by atoms with Crippen molar-refractivity contribution >= 4 is 27.2 Å². The number of aromatic nitrogens is 4. The molecule has 2 fully saturated rings. The van der Waals surface area contributed by atoms with Crippen molar-refractivity contribution in [2.24, 2.45) is 5.92 Å². The van der Waals surface area contributed by atoms with Gasteiger partial charge < -0.3 is 10.3 Å². The molecule has 4 aromatic heterocycles. The zero-order valence-electron chi connectivity index (χ0n) is 18.3. The summed E-state index contributed by atoms with van der Waals surface area (Å²) in [6.45, 7) is 12.5. The second kappa shape index (κ2) is 6.41. The SMILES string of the molecule is Cc1c(-c2[nH]c3sc([C@H]4CC5CC4CN5)c(C)c3c2C(C)C)cn2ncnc2c1C. The first-order valence-corrected chi connectivity index (χ1v) is 11.9. The molecule has 5 nitrogen and oxygen atoms in total. The highest BCUT2D eigenvalue weighted by atomic mass is 32.1. The van der Waals surface area contributed by atoms with Crippen LogP contribution in [-0.2, 0) is 0 Å². The van der Waals surface area contributed by atoms with Crippen LogP contribution in [-0.4, -0.2) is 32.2 Å². The van der Waals surface area contributed by atoms with E-state index in [-0.39, 0.29) is 0 Å². The first-order chi connectivity index (χ1) is 14.4. The molecule has 156 valence electrons. The number of pyridine rings is 1. The first-order valence-electron chi connectivity index (χ1n) is 11.1. The van der Waals surface area contributed by atoms with Crippen molar-refractivity contribution in [2.45, 2.75) is 65.3 Å². The Bertz CT molecular complexity index is 1290. The van der Waals surface area contributed by atoms with E-state index in [1.54, 1.807) is 11.2 Å². The molecule has 1 aliphatic carbocycles. The van der Waals surface area contributed by atoms with Crippen LogP contribution in [0.4, 0.5) is 0 Å². The van der Waals surface area contributed by atoms with Gasteiger partial charge in [-0.05, 0) is 80.2 Å². The predicted molar refractivity (Wildman–Crippen MR) is 124 cm³/mol. The Morgan fingerprint density at radius 2 is 1.97 bits per heavy atom. The summed E-state index contributed by atoms with van der Waals surface area (Å²) in [6, 6.07) is 0.736. The summed E-state index contributed by atoms with van der Waals surface area (Å²) in [5.74, 6) is 2.00. The van der Waals surface area contributed by atoms with Gasteiger partial charge in [0, 0.05) is 28.1 Å². The molecule has 2 N–H and O–H groups in total. The van der Waals surface area contributed by atoms with Gasteiger partial charge in [0.2, 0.25) is 0 Å². The van der Waals surface area contributed by atoms with Crippen molar-refractivity contribution in [3.8, 4) is 11.3 Å². The van der Waals surface area contributed by atoms with E-state index in [1.165, 1.54) is 63.1 Å². The lowest BCUT2D eigenvalue weighted by Gasteiger charge is -2.22. The maximum absolute atomic E-state index is 4.43. The molecule has 6 heteroatoms. The molecule has 2 bridgehead atoms. The zero-order chi connectivity index (χ0) is 20.7. The topological polar surface area (TPSA) is 58.0 Å². The number of aromatic amines is 1. The average Bonchev–Trinajstić information content (AvgIpc) is 3.50. The highest BCUT2D eigenvalue weighted by Crippen LogP contribution is 2.50. The fourth-order valence-electron chi connectivity index (χ4n) is 6.00. The Balaban J connectivity index is 1.56. The van der Waals surface area contributed by atoms with Crippen molar-refractivity contribution < 1.29 is 0 Å². The summed E-state index contributed by atoms with van der Waals surface area (Å²) in [7, 11) is 0. The summed E-state index contributed by atoms with van der Waals surface area (Å²) >= 11 is 2.01. The molecule has 1 aliphatic heterocycles. The normalized spacial score (nSPS) is 23.6. The van der Waals surface area contributed by atoms with E-state index in [0.29, 0.717) is 5.92 Å². The standard InChI is InChI=1S/C24H29N5S/c1-11(2)19-20-14(5)22(17-7-16-6-15(17)8-25-16)30-24(20)28-21(19)18-9-29-23(26-10-27-29)13(4)12(18)3/h9-11,15-17,25,28H,6-8H2,1-5H3/t15?,16?,17-/m0/s1. The summed E-state index contributed by atoms with van der Waals surface area (Å²) < 4.78 is 1.91. The van der Waals surface area contributed by atoms with Gasteiger partial charge in [0.15, 0.2) is 5.65 Å². The fraction of sp³-hybridized carbons (Fsp3) is 0.500. The minimum Gasteiger partial charge on any atom is -0.346 e. The third-order valence-electron chi connectivity index (χ3n) is 7.63. The molecular weight excluding hydrogens is 390 g/mol. The van der Waals surface area contributed by atoms with Crippen molar-refractivity contribution in [3.63, 3.8) is 0 Å². The predicted octanol–water partition coefficient (Wildman–Crippen LogP) is 5.45. The number of H-pyrrole nitrogens is 1. The third-order valence-corrected chi connectivity index (χ3v) is 8.97. The zero-order valence-corrected chi connectivity index (χ0v) is 19.2. The number of nitrogens with zero attached hydrogens (tertiary/aromatic N) is 3. The van der Waals surface area contributed by atoms with Gasteiger partial charge in [0.25, 0.3) is 0 Å². The van der Waals surface area contributed by atoms with Crippen LogP contribution in [0.2, 0.25) is 0 Å². The minimum atomic E-state index is 0.447. The molecule has 1 saturated carbocycles. The maximum Gasteiger partial charge on any atom is 0.158 e. The van der Waals surface area contributed by atoms with E-state index >= 15 is 0 Å². The lowest BCUT2D eigenvalue weighted by molar-refractivity contribution is 0.445. The lowest BCUT2D eigenvalue weighted by atomic mass is 9.89. The lowest BCUT2D eigenvalue weighted by Crippen LogP contribution is -2.28. The molecule has 0 amide bonds. The van der Waals surface area contributed by atoms with Crippen LogP contribution in [0, 0.1) is 26.7 Å². The molecule has 2 aliphatic rings. The van der Waals surface area contributed by atoms with Crippen molar-refractivity contribution in [1.82, 2.24) is 24.9 Å². The summed E-state index contributed by atoms with van der Waals surface area (Å²) in [5.41, 5.74) is 8.88. The molecule has 4 aromatic rings.